The molecule has 0 unspecified atom stereocenters. The average Bonchev–Trinajstić information content (AvgIpc) is 3.20. The highest BCUT2D eigenvalue weighted by Gasteiger charge is 2.20. The Morgan fingerprint density at radius 1 is 1.29 bits per heavy atom. The van der Waals surface area contributed by atoms with Gasteiger partial charge in [-0.05, 0) is 37.5 Å². The average molecular weight is 308 g/mol. The molecule has 1 aliphatic carbocycles. The van der Waals surface area contributed by atoms with E-state index in [9.17, 15) is 8.42 Å². The van der Waals surface area contributed by atoms with Gasteiger partial charge in [0.2, 0.25) is 0 Å². The maximum Gasteiger partial charge on any atom is 0.335 e. The van der Waals surface area contributed by atoms with Crippen molar-refractivity contribution in [2.24, 2.45) is 0 Å². The number of nitrogens with zero attached hydrogens (tertiary/aromatic N) is 2. The highest BCUT2D eigenvalue weighted by atomic mass is 32.2. The second kappa shape index (κ2) is 5.45. The molecule has 112 valence electrons. The molecule has 1 aromatic carbocycles. The van der Waals surface area contributed by atoms with Crippen LogP contribution in [0.5, 0.6) is 0 Å². The van der Waals surface area contributed by atoms with E-state index >= 15 is 0 Å². The fourth-order valence-corrected chi connectivity index (χ4v) is 2.77. The molecule has 0 atom stereocenters. The Kier molecular flexibility index (Phi) is 3.64. The molecule has 0 aliphatic heterocycles. The summed E-state index contributed by atoms with van der Waals surface area (Å²) < 4.78 is 31.3. The smallest absolute Gasteiger partial charge is 0.314 e. The lowest BCUT2D eigenvalue weighted by Crippen LogP contribution is -2.16. The summed E-state index contributed by atoms with van der Waals surface area (Å²) in [6.07, 6.45) is 2.44. The first-order valence-electron chi connectivity index (χ1n) is 6.68. The van der Waals surface area contributed by atoms with Gasteiger partial charge in [-0.25, -0.2) is 13.1 Å². The third-order valence-electron chi connectivity index (χ3n) is 3.16. The first-order valence-corrected chi connectivity index (χ1v) is 8.17. The van der Waals surface area contributed by atoms with E-state index in [1.165, 1.54) is 12.8 Å². The summed E-state index contributed by atoms with van der Waals surface area (Å²) in [5.74, 6) is 0.370. The SMILES string of the molecule is Cc1noc(NS(=O)(=O)c2ccc(CNC3CC3)cc2)n1. The van der Waals surface area contributed by atoms with Gasteiger partial charge in [0.25, 0.3) is 10.0 Å². The van der Waals surface area contributed by atoms with Gasteiger partial charge in [-0.3, -0.25) is 0 Å². The minimum absolute atomic E-state index is 0.132. The van der Waals surface area contributed by atoms with Crippen molar-refractivity contribution in [1.29, 1.82) is 0 Å². The molecular weight excluding hydrogens is 292 g/mol. The summed E-state index contributed by atoms with van der Waals surface area (Å²) in [5.41, 5.74) is 1.05. The number of sulfonamides is 1. The Balaban J connectivity index is 1.69. The van der Waals surface area contributed by atoms with Crippen molar-refractivity contribution in [2.45, 2.75) is 37.2 Å². The minimum Gasteiger partial charge on any atom is -0.314 e. The predicted octanol–water partition coefficient (Wildman–Crippen LogP) is 1.43. The predicted molar refractivity (Wildman–Crippen MR) is 76.1 cm³/mol. The normalized spacial score (nSPS) is 15.1. The number of nitrogens with one attached hydrogen (secondary N) is 2. The van der Waals surface area contributed by atoms with Crippen LogP contribution in [-0.2, 0) is 16.6 Å². The van der Waals surface area contributed by atoms with Gasteiger partial charge in [-0.1, -0.05) is 17.3 Å². The molecule has 1 aromatic heterocycles. The molecule has 0 spiro atoms. The first-order chi connectivity index (χ1) is 10.0. The lowest BCUT2D eigenvalue weighted by molar-refractivity contribution is 0.429. The van der Waals surface area contributed by atoms with E-state index < -0.39 is 10.0 Å². The summed E-state index contributed by atoms with van der Waals surface area (Å²) in [4.78, 5) is 3.98. The molecule has 0 amide bonds. The highest BCUT2D eigenvalue weighted by Crippen LogP contribution is 2.20. The summed E-state index contributed by atoms with van der Waals surface area (Å²) in [6.45, 7) is 2.37. The zero-order valence-electron chi connectivity index (χ0n) is 11.5. The van der Waals surface area contributed by atoms with E-state index in [2.05, 4.69) is 20.2 Å². The van der Waals surface area contributed by atoms with E-state index in [-0.39, 0.29) is 10.9 Å². The van der Waals surface area contributed by atoms with Gasteiger partial charge in [-0.15, -0.1) is 0 Å². The number of benzene rings is 1. The molecule has 1 heterocycles. The molecule has 0 saturated heterocycles. The quantitative estimate of drug-likeness (QED) is 0.838. The number of hydrogen-bond acceptors (Lipinski definition) is 6. The van der Waals surface area contributed by atoms with Crippen LogP contribution in [0.25, 0.3) is 0 Å². The van der Waals surface area contributed by atoms with Crippen LogP contribution >= 0.6 is 0 Å². The van der Waals surface area contributed by atoms with Crippen LogP contribution in [0.3, 0.4) is 0 Å². The largest absolute Gasteiger partial charge is 0.335 e. The summed E-state index contributed by atoms with van der Waals surface area (Å²) in [6, 6.07) is 7.21. The number of aromatic nitrogens is 2. The van der Waals surface area contributed by atoms with Crippen molar-refractivity contribution in [3.05, 3.63) is 35.7 Å². The maximum atomic E-state index is 12.1. The molecule has 2 aromatic rings. The van der Waals surface area contributed by atoms with Crippen LogP contribution < -0.4 is 10.0 Å². The van der Waals surface area contributed by atoms with Crippen molar-refractivity contribution in [1.82, 2.24) is 15.5 Å². The monoisotopic (exact) mass is 308 g/mol. The zero-order chi connectivity index (χ0) is 14.9. The summed E-state index contributed by atoms with van der Waals surface area (Å²) in [5, 5.41) is 6.91. The Bertz CT molecular complexity index is 720. The van der Waals surface area contributed by atoms with Crippen LogP contribution in [0.1, 0.15) is 24.2 Å². The summed E-state index contributed by atoms with van der Waals surface area (Å²) >= 11 is 0. The third-order valence-corrected chi connectivity index (χ3v) is 4.49. The van der Waals surface area contributed by atoms with Gasteiger partial charge in [0.05, 0.1) is 4.90 Å². The van der Waals surface area contributed by atoms with E-state index in [0.29, 0.717) is 11.9 Å². The highest BCUT2D eigenvalue weighted by molar-refractivity contribution is 7.92. The van der Waals surface area contributed by atoms with E-state index in [4.69, 9.17) is 4.52 Å². The van der Waals surface area contributed by atoms with Gasteiger partial charge in [0, 0.05) is 12.6 Å². The zero-order valence-corrected chi connectivity index (χ0v) is 12.4. The molecule has 0 bridgehead atoms. The Morgan fingerprint density at radius 2 is 2.00 bits per heavy atom. The Morgan fingerprint density at radius 3 is 2.57 bits per heavy atom. The fourth-order valence-electron chi connectivity index (χ4n) is 1.85. The van der Waals surface area contributed by atoms with Crippen LogP contribution in [0.2, 0.25) is 0 Å². The van der Waals surface area contributed by atoms with E-state index in [0.717, 1.165) is 12.1 Å². The number of hydrogen-bond donors (Lipinski definition) is 2. The van der Waals surface area contributed by atoms with E-state index in [1.807, 2.05) is 0 Å². The second-order valence-corrected chi connectivity index (χ2v) is 6.73. The van der Waals surface area contributed by atoms with E-state index in [1.54, 1.807) is 31.2 Å². The van der Waals surface area contributed by atoms with Gasteiger partial charge >= 0.3 is 6.01 Å². The van der Waals surface area contributed by atoms with Gasteiger partial charge in [-0.2, -0.15) is 4.98 Å². The van der Waals surface area contributed by atoms with Crippen molar-refractivity contribution in [3.8, 4) is 0 Å². The molecule has 1 aliphatic rings. The van der Waals surface area contributed by atoms with Crippen molar-refractivity contribution < 1.29 is 12.9 Å². The van der Waals surface area contributed by atoms with Crippen LogP contribution in [0.15, 0.2) is 33.7 Å². The summed E-state index contributed by atoms with van der Waals surface area (Å²) in [7, 11) is -3.70. The van der Waals surface area contributed by atoms with Crippen LogP contribution in [-0.4, -0.2) is 24.6 Å². The topological polar surface area (TPSA) is 97.1 Å². The maximum absolute atomic E-state index is 12.1. The van der Waals surface area contributed by atoms with Crippen molar-refractivity contribution in [3.63, 3.8) is 0 Å². The molecule has 7 nitrogen and oxygen atoms in total. The second-order valence-electron chi connectivity index (χ2n) is 5.05. The molecule has 2 N–H and O–H groups in total. The standard InChI is InChI=1S/C13H16N4O3S/c1-9-15-13(20-16-9)17-21(18,19)12-6-2-10(3-7-12)8-14-11-4-5-11/h2-3,6-7,11,14H,4-5,8H2,1H3,(H,15,16,17). The molecule has 0 radical (unpaired) electrons. The van der Waals surface area contributed by atoms with Gasteiger partial charge < -0.3 is 9.84 Å². The Labute approximate surface area is 122 Å². The molecular formula is C13H16N4O3S. The lowest BCUT2D eigenvalue weighted by Gasteiger charge is -2.06. The number of rotatable bonds is 6. The van der Waals surface area contributed by atoms with Gasteiger partial charge in [0.1, 0.15) is 0 Å². The Hall–Kier alpha value is -1.93. The third kappa shape index (κ3) is 3.59. The van der Waals surface area contributed by atoms with Crippen molar-refractivity contribution >= 4 is 16.0 Å². The number of aryl methyl sites for hydroxylation is 1. The van der Waals surface area contributed by atoms with Gasteiger partial charge in [0.15, 0.2) is 5.82 Å². The van der Waals surface area contributed by atoms with Crippen LogP contribution in [0.4, 0.5) is 6.01 Å². The molecule has 8 heteroatoms. The molecule has 3 rings (SSSR count). The number of anilines is 1. The molecule has 1 fully saturated rings. The molecule has 21 heavy (non-hydrogen) atoms. The first kappa shape index (κ1) is 14.0. The van der Waals surface area contributed by atoms with Crippen LogP contribution in [0, 0.1) is 6.92 Å². The lowest BCUT2D eigenvalue weighted by atomic mass is 10.2. The van der Waals surface area contributed by atoms with Crippen molar-refractivity contribution in [2.75, 3.05) is 4.72 Å². The minimum atomic E-state index is -3.70. The fraction of sp³-hybridized carbons (Fsp3) is 0.385. The molecule has 1 saturated carbocycles.